The van der Waals surface area contributed by atoms with Crippen LogP contribution in [0.5, 0.6) is 11.5 Å². The molecule has 7 heteroatoms. The summed E-state index contributed by atoms with van der Waals surface area (Å²) in [6.45, 7) is 2.50. The van der Waals surface area contributed by atoms with Gasteiger partial charge in [-0.3, -0.25) is 9.83 Å². The van der Waals surface area contributed by atoms with Crippen LogP contribution in [0.25, 0.3) is 5.52 Å². The number of benzene rings is 2. The molecule has 2 aromatic carbocycles. The standard InChI is InChI=1S/C27H25ClN4O2/c1-17-5-6-20(25(28)11-17)12-21-16-33-31-27(30-21)24-14-22-9-10-29-32(22)15-26(24)34-23-4-2-3-19(13-23)18-7-8-18/h2-6,9-11,13-15,18,21H,7-8,12,16H2,1H3,(H,30,31). The maximum absolute atomic E-state index is 6.48. The van der Waals surface area contributed by atoms with Crippen molar-refractivity contribution < 1.29 is 9.57 Å². The van der Waals surface area contributed by atoms with E-state index in [0.717, 1.165) is 33.0 Å². The van der Waals surface area contributed by atoms with E-state index in [9.17, 15) is 0 Å². The minimum Gasteiger partial charge on any atom is -0.455 e. The lowest BCUT2D eigenvalue weighted by Gasteiger charge is -2.23. The molecule has 6 rings (SSSR count). The molecule has 0 radical (unpaired) electrons. The molecule has 6 nitrogen and oxygen atoms in total. The van der Waals surface area contributed by atoms with E-state index < -0.39 is 0 Å². The highest BCUT2D eigenvalue weighted by Crippen LogP contribution is 2.41. The fourth-order valence-corrected chi connectivity index (χ4v) is 4.65. The van der Waals surface area contributed by atoms with Gasteiger partial charge >= 0.3 is 0 Å². The topological polar surface area (TPSA) is 60.2 Å². The molecule has 172 valence electrons. The quantitative estimate of drug-likeness (QED) is 0.382. The number of nitrogens with zero attached hydrogens (tertiary/aromatic N) is 3. The predicted molar refractivity (Wildman–Crippen MR) is 133 cm³/mol. The first kappa shape index (κ1) is 21.2. The van der Waals surface area contributed by atoms with E-state index in [-0.39, 0.29) is 6.04 Å². The third kappa shape index (κ3) is 4.39. The van der Waals surface area contributed by atoms with Crippen molar-refractivity contribution in [3.8, 4) is 11.5 Å². The van der Waals surface area contributed by atoms with Crippen LogP contribution in [0.15, 0.2) is 72.0 Å². The van der Waals surface area contributed by atoms with E-state index >= 15 is 0 Å². The number of pyridine rings is 1. The zero-order valence-corrected chi connectivity index (χ0v) is 19.6. The number of hydrogen-bond donors (Lipinski definition) is 1. The molecular weight excluding hydrogens is 448 g/mol. The molecule has 0 spiro atoms. The van der Waals surface area contributed by atoms with Crippen LogP contribution in [0.4, 0.5) is 0 Å². The van der Waals surface area contributed by atoms with Gasteiger partial charge in [0, 0.05) is 11.2 Å². The van der Waals surface area contributed by atoms with Crippen molar-refractivity contribution in [1.82, 2.24) is 15.1 Å². The number of hydroxylamine groups is 1. The molecule has 0 saturated heterocycles. The molecule has 1 N–H and O–H groups in total. The van der Waals surface area contributed by atoms with E-state index in [4.69, 9.17) is 26.2 Å². The molecule has 1 fully saturated rings. The van der Waals surface area contributed by atoms with Gasteiger partial charge in [-0.15, -0.1) is 0 Å². The van der Waals surface area contributed by atoms with Gasteiger partial charge in [0.1, 0.15) is 5.75 Å². The highest BCUT2D eigenvalue weighted by atomic mass is 35.5. The van der Waals surface area contributed by atoms with Crippen LogP contribution in [0, 0.1) is 6.92 Å². The molecule has 1 aliphatic heterocycles. The molecule has 1 atom stereocenters. The summed E-state index contributed by atoms with van der Waals surface area (Å²) in [5.74, 6) is 2.76. The smallest absolute Gasteiger partial charge is 0.156 e. The lowest BCUT2D eigenvalue weighted by molar-refractivity contribution is 0.0623. The van der Waals surface area contributed by atoms with Crippen molar-refractivity contribution in [2.75, 3.05) is 6.61 Å². The van der Waals surface area contributed by atoms with Gasteiger partial charge in [0.2, 0.25) is 0 Å². The van der Waals surface area contributed by atoms with Crippen LogP contribution >= 0.6 is 11.6 Å². The summed E-state index contributed by atoms with van der Waals surface area (Å²) >= 11 is 6.48. The third-order valence-corrected chi connectivity index (χ3v) is 6.66. The highest BCUT2D eigenvalue weighted by molar-refractivity contribution is 6.31. The Morgan fingerprint density at radius 1 is 1.15 bits per heavy atom. The molecule has 1 saturated carbocycles. The van der Waals surface area contributed by atoms with Gasteiger partial charge in [0.15, 0.2) is 11.6 Å². The van der Waals surface area contributed by atoms with Gasteiger partial charge in [-0.2, -0.15) is 5.10 Å². The number of hydrogen-bond acceptors (Lipinski definition) is 5. The maximum atomic E-state index is 6.48. The molecule has 0 amide bonds. The number of ether oxygens (including phenoxy) is 1. The second kappa shape index (κ2) is 8.78. The first-order valence-corrected chi connectivity index (χ1v) is 12.0. The first-order chi connectivity index (χ1) is 16.6. The molecular formula is C27H25ClN4O2. The van der Waals surface area contributed by atoms with Crippen molar-refractivity contribution in [3.63, 3.8) is 0 Å². The molecule has 0 bridgehead atoms. The van der Waals surface area contributed by atoms with Crippen LogP contribution in [0.3, 0.4) is 0 Å². The van der Waals surface area contributed by atoms with Gasteiger partial charge in [0.05, 0.1) is 29.9 Å². The molecule has 1 aliphatic carbocycles. The number of nitrogens with one attached hydrogen (secondary N) is 1. The SMILES string of the molecule is Cc1ccc(CC2CONC(c3cc4ccnn4cc3Oc3cccc(C4CC4)c3)=N2)c(Cl)c1. The summed E-state index contributed by atoms with van der Waals surface area (Å²) in [6, 6.07) is 18.4. The van der Waals surface area contributed by atoms with E-state index in [1.54, 1.807) is 10.7 Å². The van der Waals surface area contributed by atoms with Gasteiger partial charge in [-0.1, -0.05) is 35.9 Å². The van der Waals surface area contributed by atoms with Gasteiger partial charge in [0.25, 0.3) is 0 Å². The van der Waals surface area contributed by atoms with E-state index in [2.05, 4.69) is 40.9 Å². The molecule has 1 unspecified atom stereocenters. The van der Waals surface area contributed by atoms with Crippen LogP contribution in [0.1, 0.15) is 41.0 Å². The van der Waals surface area contributed by atoms with Crippen molar-refractivity contribution in [3.05, 3.63) is 94.3 Å². The van der Waals surface area contributed by atoms with Crippen LogP contribution in [-0.4, -0.2) is 28.1 Å². The van der Waals surface area contributed by atoms with E-state index in [0.29, 0.717) is 30.5 Å². The fourth-order valence-electron chi connectivity index (χ4n) is 4.34. The van der Waals surface area contributed by atoms with Crippen LogP contribution < -0.4 is 10.2 Å². The Labute approximate surface area is 203 Å². The summed E-state index contributed by atoms with van der Waals surface area (Å²) in [5, 5.41) is 5.14. The van der Waals surface area contributed by atoms with Gasteiger partial charge < -0.3 is 4.74 Å². The first-order valence-electron chi connectivity index (χ1n) is 11.6. The molecule has 4 aromatic rings. The Morgan fingerprint density at radius 2 is 2.06 bits per heavy atom. The lowest BCUT2D eigenvalue weighted by Crippen LogP contribution is -2.37. The second-order valence-corrected chi connectivity index (χ2v) is 9.45. The Bertz CT molecular complexity index is 1390. The molecule has 2 aliphatic rings. The summed E-state index contributed by atoms with van der Waals surface area (Å²) in [7, 11) is 0. The van der Waals surface area contributed by atoms with Gasteiger partial charge in [-0.05, 0) is 79.1 Å². The monoisotopic (exact) mass is 472 g/mol. The minimum absolute atomic E-state index is 0.0661. The maximum Gasteiger partial charge on any atom is 0.156 e. The molecule has 34 heavy (non-hydrogen) atoms. The summed E-state index contributed by atoms with van der Waals surface area (Å²) in [4.78, 5) is 10.7. The molecule has 3 heterocycles. The van der Waals surface area contributed by atoms with E-state index in [1.807, 2.05) is 37.4 Å². The zero-order chi connectivity index (χ0) is 23.1. The Hall–Kier alpha value is -3.35. The number of aliphatic imine (C=N–C) groups is 1. The van der Waals surface area contributed by atoms with Crippen LogP contribution in [0.2, 0.25) is 5.02 Å². The number of fused-ring (bicyclic) bond motifs is 1. The van der Waals surface area contributed by atoms with Crippen molar-refractivity contribution >= 4 is 23.0 Å². The Kier molecular flexibility index (Phi) is 5.47. The third-order valence-electron chi connectivity index (χ3n) is 6.31. The fraction of sp³-hybridized carbons (Fsp3) is 0.259. The number of amidine groups is 1. The minimum atomic E-state index is -0.0661. The zero-order valence-electron chi connectivity index (χ0n) is 18.9. The van der Waals surface area contributed by atoms with Crippen molar-refractivity contribution in [2.45, 2.75) is 38.1 Å². The molecule has 2 aromatic heterocycles. The van der Waals surface area contributed by atoms with Crippen molar-refractivity contribution in [1.29, 1.82) is 0 Å². The predicted octanol–water partition coefficient (Wildman–Crippen LogP) is 5.86. The average Bonchev–Trinajstić information content (AvgIpc) is 3.59. The number of halogens is 1. The van der Waals surface area contributed by atoms with Crippen LogP contribution in [-0.2, 0) is 11.3 Å². The Morgan fingerprint density at radius 3 is 2.91 bits per heavy atom. The summed E-state index contributed by atoms with van der Waals surface area (Å²) < 4.78 is 8.19. The highest BCUT2D eigenvalue weighted by Gasteiger charge is 2.25. The largest absolute Gasteiger partial charge is 0.455 e. The van der Waals surface area contributed by atoms with Crippen molar-refractivity contribution in [2.24, 2.45) is 4.99 Å². The second-order valence-electron chi connectivity index (χ2n) is 9.04. The summed E-state index contributed by atoms with van der Waals surface area (Å²) in [6.07, 6.45) is 6.85. The van der Waals surface area contributed by atoms with E-state index in [1.165, 1.54) is 18.4 Å². The number of rotatable bonds is 6. The van der Waals surface area contributed by atoms with Gasteiger partial charge in [-0.25, -0.2) is 10.00 Å². The lowest BCUT2D eigenvalue weighted by atomic mass is 10.0. The Balaban J connectivity index is 1.34. The normalized spacial score (nSPS) is 17.9. The summed E-state index contributed by atoms with van der Waals surface area (Å²) in [5.41, 5.74) is 8.30. The number of aromatic nitrogens is 2. The average molecular weight is 473 g/mol. The number of aryl methyl sites for hydroxylation is 1.